The van der Waals surface area contributed by atoms with Crippen LogP contribution in [0, 0.1) is 0 Å². The van der Waals surface area contributed by atoms with Crippen LogP contribution in [-0.2, 0) is 0 Å². The van der Waals surface area contributed by atoms with E-state index in [1.54, 1.807) is 12.1 Å². The number of Topliss-reactive ketones (excluding diaryl/α,β-unsaturated/α-hetero) is 1. The van der Waals surface area contributed by atoms with Crippen molar-refractivity contribution in [3.8, 4) is 0 Å². The predicted molar refractivity (Wildman–Crippen MR) is 50.8 cm³/mol. The van der Waals surface area contributed by atoms with E-state index >= 15 is 0 Å². The Morgan fingerprint density at radius 2 is 2.15 bits per heavy atom. The lowest BCUT2D eigenvalue weighted by Crippen LogP contribution is -2.38. The Balaban J connectivity index is 2.58. The number of carbonyl (C=O) groups excluding carboxylic acids is 1. The SMILES string of the molecule is CC(C)NC(C)C(=O)c1ccco1. The molecule has 0 spiro atoms. The zero-order chi connectivity index (χ0) is 9.84. The van der Waals surface area contributed by atoms with Gasteiger partial charge in [0.2, 0.25) is 5.78 Å². The number of carbonyl (C=O) groups is 1. The second kappa shape index (κ2) is 4.23. The summed E-state index contributed by atoms with van der Waals surface area (Å²) in [6.45, 7) is 5.85. The van der Waals surface area contributed by atoms with Crippen LogP contribution >= 0.6 is 0 Å². The maximum absolute atomic E-state index is 11.6. The van der Waals surface area contributed by atoms with Gasteiger partial charge < -0.3 is 9.73 Å². The second-order valence-electron chi connectivity index (χ2n) is 3.38. The molecule has 0 aliphatic rings. The molecule has 1 aromatic rings. The lowest BCUT2D eigenvalue weighted by molar-refractivity contribution is 0.0919. The van der Waals surface area contributed by atoms with Crippen molar-refractivity contribution >= 4 is 5.78 Å². The highest BCUT2D eigenvalue weighted by atomic mass is 16.3. The van der Waals surface area contributed by atoms with Gasteiger partial charge in [0.25, 0.3) is 0 Å². The summed E-state index contributed by atoms with van der Waals surface area (Å²) in [5, 5.41) is 3.12. The van der Waals surface area contributed by atoms with Crippen LogP contribution in [-0.4, -0.2) is 17.9 Å². The van der Waals surface area contributed by atoms with Gasteiger partial charge >= 0.3 is 0 Å². The van der Waals surface area contributed by atoms with Gasteiger partial charge in [-0.05, 0) is 19.1 Å². The van der Waals surface area contributed by atoms with Gasteiger partial charge in [-0.3, -0.25) is 4.79 Å². The largest absolute Gasteiger partial charge is 0.461 e. The Kier molecular flexibility index (Phi) is 3.25. The van der Waals surface area contributed by atoms with Gasteiger partial charge in [0.05, 0.1) is 12.3 Å². The third-order valence-electron chi connectivity index (χ3n) is 1.74. The van der Waals surface area contributed by atoms with E-state index in [1.807, 2.05) is 20.8 Å². The van der Waals surface area contributed by atoms with Crippen molar-refractivity contribution in [1.29, 1.82) is 0 Å². The Morgan fingerprint density at radius 1 is 1.46 bits per heavy atom. The number of ketones is 1. The van der Waals surface area contributed by atoms with Crippen molar-refractivity contribution in [3.63, 3.8) is 0 Å². The first kappa shape index (κ1) is 9.99. The van der Waals surface area contributed by atoms with Crippen LogP contribution in [0.15, 0.2) is 22.8 Å². The zero-order valence-corrected chi connectivity index (χ0v) is 8.20. The predicted octanol–water partition coefficient (Wildman–Crippen LogP) is 1.85. The lowest BCUT2D eigenvalue weighted by atomic mass is 10.1. The molecule has 1 atom stereocenters. The summed E-state index contributed by atoms with van der Waals surface area (Å²) in [5.74, 6) is 0.416. The number of rotatable bonds is 4. The summed E-state index contributed by atoms with van der Waals surface area (Å²) >= 11 is 0. The normalized spacial score (nSPS) is 13.2. The summed E-state index contributed by atoms with van der Waals surface area (Å²) in [4.78, 5) is 11.6. The highest BCUT2D eigenvalue weighted by Gasteiger charge is 2.17. The molecule has 0 saturated carbocycles. The molecular weight excluding hydrogens is 166 g/mol. The van der Waals surface area contributed by atoms with E-state index in [0.29, 0.717) is 11.8 Å². The van der Waals surface area contributed by atoms with Crippen molar-refractivity contribution in [2.45, 2.75) is 32.9 Å². The molecule has 13 heavy (non-hydrogen) atoms. The minimum atomic E-state index is -0.189. The highest BCUT2D eigenvalue weighted by Crippen LogP contribution is 2.04. The average Bonchev–Trinajstić information content (AvgIpc) is 2.53. The average molecular weight is 181 g/mol. The van der Waals surface area contributed by atoms with Gasteiger partial charge in [0.1, 0.15) is 0 Å². The van der Waals surface area contributed by atoms with Gasteiger partial charge in [-0.1, -0.05) is 13.8 Å². The molecule has 3 heteroatoms. The van der Waals surface area contributed by atoms with Crippen molar-refractivity contribution in [2.75, 3.05) is 0 Å². The third kappa shape index (κ3) is 2.70. The van der Waals surface area contributed by atoms with Crippen molar-refractivity contribution in [1.82, 2.24) is 5.32 Å². The first-order valence-corrected chi connectivity index (χ1v) is 4.45. The molecule has 0 amide bonds. The van der Waals surface area contributed by atoms with Crippen LogP contribution in [0.25, 0.3) is 0 Å². The Hall–Kier alpha value is -1.09. The van der Waals surface area contributed by atoms with E-state index in [-0.39, 0.29) is 11.8 Å². The van der Waals surface area contributed by atoms with Gasteiger partial charge in [-0.15, -0.1) is 0 Å². The molecule has 0 aliphatic heterocycles. The molecule has 0 radical (unpaired) electrons. The molecule has 1 aromatic heterocycles. The van der Waals surface area contributed by atoms with E-state index in [4.69, 9.17) is 4.42 Å². The van der Waals surface area contributed by atoms with Gasteiger partial charge in [-0.2, -0.15) is 0 Å². The molecule has 0 bridgehead atoms. The smallest absolute Gasteiger partial charge is 0.214 e. The summed E-state index contributed by atoms with van der Waals surface area (Å²) in [6.07, 6.45) is 1.51. The molecule has 0 fully saturated rings. The second-order valence-corrected chi connectivity index (χ2v) is 3.38. The fourth-order valence-corrected chi connectivity index (χ4v) is 1.21. The topological polar surface area (TPSA) is 42.2 Å². The maximum Gasteiger partial charge on any atom is 0.214 e. The van der Waals surface area contributed by atoms with E-state index in [1.165, 1.54) is 6.26 Å². The Bertz CT molecular complexity index is 264. The zero-order valence-electron chi connectivity index (χ0n) is 8.20. The minimum Gasteiger partial charge on any atom is -0.461 e. The standard InChI is InChI=1S/C10H15NO2/c1-7(2)11-8(3)10(12)9-5-4-6-13-9/h4-8,11H,1-3H3. The monoisotopic (exact) mass is 181 g/mol. The minimum absolute atomic E-state index is 0.00120. The van der Waals surface area contributed by atoms with Crippen LogP contribution in [0.2, 0.25) is 0 Å². The summed E-state index contributed by atoms with van der Waals surface area (Å²) in [5.41, 5.74) is 0. The molecule has 1 N–H and O–H groups in total. The molecule has 0 aliphatic carbocycles. The Labute approximate surface area is 78.1 Å². The molecule has 3 nitrogen and oxygen atoms in total. The van der Waals surface area contributed by atoms with Crippen molar-refractivity contribution in [2.24, 2.45) is 0 Å². The first-order valence-electron chi connectivity index (χ1n) is 4.45. The van der Waals surface area contributed by atoms with E-state index in [9.17, 15) is 4.79 Å². The number of nitrogens with one attached hydrogen (secondary N) is 1. The number of furan rings is 1. The summed E-state index contributed by atoms with van der Waals surface area (Å²) < 4.78 is 5.01. The fourth-order valence-electron chi connectivity index (χ4n) is 1.21. The van der Waals surface area contributed by atoms with Gasteiger partial charge in [-0.25, -0.2) is 0 Å². The Morgan fingerprint density at radius 3 is 2.62 bits per heavy atom. The van der Waals surface area contributed by atoms with Gasteiger partial charge in [0.15, 0.2) is 5.76 Å². The van der Waals surface area contributed by atoms with Crippen molar-refractivity contribution in [3.05, 3.63) is 24.2 Å². The molecular formula is C10H15NO2. The van der Waals surface area contributed by atoms with Crippen LogP contribution in [0.4, 0.5) is 0 Å². The number of hydrogen-bond acceptors (Lipinski definition) is 3. The summed E-state index contributed by atoms with van der Waals surface area (Å²) in [7, 11) is 0. The molecule has 1 heterocycles. The number of hydrogen-bond donors (Lipinski definition) is 1. The van der Waals surface area contributed by atoms with Gasteiger partial charge in [0, 0.05) is 6.04 Å². The molecule has 1 rings (SSSR count). The van der Waals surface area contributed by atoms with Crippen LogP contribution in [0.3, 0.4) is 0 Å². The van der Waals surface area contributed by atoms with Crippen LogP contribution in [0.5, 0.6) is 0 Å². The molecule has 1 unspecified atom stereocenters. The van der Waals surface area contributed by atoms with E-state index in [2.05, 4.69) is 5.32 Å². The fraction of sp³-hybridized carbons (Fsp3) is 0.500. The quantitative estimate of drug-likeness (QED) is 0.721. The maximum atomic E-state index is 11.6. The summed E-state index contributed by atoms with van der Waals surface area (Å²) in [6, 6.07) is 3.51. The lowest BCUT2D eigenvalue weighted by Gasteiger charge is -2.13. The highest BCUT2D eigenvalue weighted by molar-refractivity contribution is 5.97. The van der Waals surface area contributed by atoms with Crippen LogP contribution in [0.1, 0.15) is 31.3 Å². The van der Waals surface area contributed by atoms with Crippen LogP contribution < -0.4 is 5.32 Å². The molecule has 0 aromatic carbocycles. The molecule has 72 valence electrons. The first-order chi connectivity index (χ1) is 6.11. The molecule has 0 saturated heterocycles. The van der Waals surface area contributed by atoms with E-state index in [0.717, 1.165) is 0 Å². The van der Waals surface area contributed by atoms with E-state index < -0.39 is 0 Å². The third-order valence-corrected chi connectivity index (χ3v) is 1.74. The van der Waals surface area contributed by atoms with Crippen molar-refractivity contribution < 1.29 is 9.21 Å².